The maximum atomic E-state index is 8.67. The Morgan fingerprint density at radius 3 is 2.25 bits per heavy atom. The topological polar surface area (TPSA) is 48.8 Å². The van der Waals surface area contributed by atoms with Gasteiger partial charge in [-0.1, -0.05) is 71.0 Å². The van der Waals surface area contributed by atoms with Gasteiger partial charge in [-0.2, -0.15) is 0 Å². The van der Waals surface area contributed by atoms with E-state index in [2.05, 4.69) is 45.6 Å². The minimum Gasteiger partial charge on any atom is -0.0917 e. The van der Waals surface area contributed by atoms with Crippen molar-refractivity contribution < 1.29 is 0 Å². The molecule has 5 heteroatoms. The summed E-state index contributed by atoms with van der Waals surface area (Å²) in [5.41, 5.74) is 9.74. The summed E-state index contributed by atoms with van der Waals surface area (Å²) in [5.74, 6) is 0. The lowest BCUT2D eigenvalue weighted by atomic mass is 10.1. The van der Waals surface area contributed by atoms with Crippen LogP contribution in [0.1, 0.15) is 11.6 Å². The second-order valence-electron chi connectivity index (χ2n) is 4.83. The van der Waals surface area contributed by atoms with E-state index in [4.69, 9.17) is 5.53 Å². The van der Waals surface area contributed by atoms with Crippen LogP contribution in [0.4, 0.5) is 0 Å². The van der Waals surface area contributed by atoms with Gasteiger partial charge in [-0.25, -0.2) is 0 Å². The highest BCUT2D eigenvalue weighted by Gasteiger charge is 2.31. The second kappa shape index (κ2) is 5.52. The molecular formula is C11H16BrN3Si. The number of hydrogen-bond donors (Lipinski definition) is 0. The van der Waals surface area contributed by atoms with Crippen molar-refractivity contribution in [3.05, 3.63) is 46.3 Å². The fourth-order valence-electron chi connectivity index (χ4n) is 1.47. The number of azide groups is 1. The van der Waals surface area contributed by atoms with Gasteiger partial charge >= 0.3 is 0 Å². The zero-order valence-corrected chi connectivity index (χ0v) is 12.3. The number of alkyl halides is 1. The number of hydrogen-bond acceptors (Lipinski definition) is 1. The lowest BCUT2D eigenvalue weighted by molar-refractivity contribution is 0.775. The van der Waals surface area contributed by atoms with Crippen LogP contribution in [0.2, 0.25) is 19.6 Å². The summed E-state index contributed by atoms with van der Waals surface area (Å²) in [6, 6.07) is 9.81. The van der Waals surface area contributed by atoms with Gasteiger partial charge in [-0.05, 0) is 11.1 Å². The smallest absolute Gasteiger partial charge is 0.0725 e. The molecule has 16 heavy (non-hydrogen) atoms. The zero-order chi connectivity index (χ0) is 12.2. The Morgan fingerprint density at radius 2 is 1.81 bits per heavy atom. The molecule has 0 heterocycles. The molecule has 0 fully saturated rings. The fourth-order valence-corrected chi connectivity index (χ4v) is 3.09. The molecule has 3 nitrogen and oxygen atoms in total. The predicted molar refractivity (Wildman–Crippen MR) is 74.4 cm³/mol. The van der Waals surface area contributed by atoms with E-state index < -0.39 is 8.07 Å². The van der Waals surface area contributed by atoms with Crippen LogP contribution < -0.4 is 0 Å². The minimum absolute atomic E-state index is 0.113. The normalized spacial score (nSPS) is 15.0. The van der Waals surface area contributed by atoms with E-state index >= 15 is 0 Å². The zero-order valence-electron chi connectivity index (χ0n) is 9.76. The van der Waals surface area contributed by atoms with E-state index in [0.717, 1.165) is 5.56 Å². The van der Waals surface area contributed by atoms with E-state index in [-0.39, 0.29) is 10.5 Å². The standard InChI is InChI=1S/C11H16BrN3Si/c1-16(2,3)11(12)10(14-15-13)9-7-5-4-6-8-9/h4-8,10-11H,1-3H3/t10-,11-/m1/s1. The van der Waals surface area contributed by atoms with E-state index in [0.29, 0.717) is 0 Å². The molecule has 0 spiro atoms. The van der Waals surface area contributed by atoms with Gasteiger partial charge < -0.3 is 0 Å². The predicted octanol–water partition coefficient (Wildman–Crippen LogP) is 4.68. The first-order valence-corrected chi connectivity index (χ1v) is 9.69. The highest BCUT2D eigenvalue weighted by atomic mass is 79.9. The van der Waals surface area contributed by atoms with Gasteiger partial charge in [0.05, 0.1) is 14.1 Å². The molecule has 86 valence electrons. The maximum absolute atomic E-state index is 8.67. The number of nitrogens with zero attached hydrogens (tertiary/aromatic N) is 3. The Labute approximate surface area is 106 Å². The van der Waals surface area contributed by atoms with Crippen LogP contribution in [0, 0.1) is 0 Å². The molecule has 0 unspecified atom stereocenters. The largest absolute Gasteiger partial charge is 0.0917 e. The average molecular weight is 298 g/mol. The molecule has 1 rings (SSSR count). The lowest BCUT2D eigenvalue weighted by Gasteiger charge is -2.28. The van der Waals surface area contributed by atoms with Gasteiger partial charge in [-0.3, -0.25) is 0 Å². The first kappa shape index (κ1) is 13.3. The Bertz CT molecular complexity index is 382. The van der Waals surface area contributed by atoms with Crippen molar-refractivity contribution in [2.45, 2.75) is 30.1 Å². The second-order valence-corrected chi connectivity index (χ2v) is 12.0. The number of benzene rings is 1. The monoisotopic (exact) mass is 297 g/mol. The molecule has 0 amide bonds. The third-order valence-electron chi connectivity index (χ3n) is 2.42. The van der Waals surface area contributed by atoms with Crippen molar-refractivity contribution in [2.75, 3.05) is 0 Å². The van der Waals surface area contributed by atoms with Gasteiger partial charge in [0.2, 0.25) is 0 Å². The summed E-state index contributed by atoms with van der Waals surface area (Å²) < 4.78 is 0.248. The third-order valence-corrected chi connectivity index (χ3v) is 9.01. The quantitative estimate of drug-likeness (QED) is 0.255. The van der Waals surface area contributed by atoms with Gasteiger partial charge in [0.1, 0.15) is 0 Å². The van der Waals surface area contributed by atoms with Crippen LogP contribution in [-0.4, -0.2) is 12.5 Å². The molecule has 0 aromatic heterocycles. The maximum Gasteiger partial charge on any atom is 0.0725 e. The molecule has 0 saturated carbocycles. The summed E-state index contributed by atoms with van der Waals surface area (Å²) in [4.78, 5) is 2.96. The SMILES string of the molecule is C[Si](C)(C)[C@@H](Br)[C@H](N=[N+]=[N-])c1ccccc1. The van der Waals surface area contributed by atoms with Crippen LogP contribution in [0.25, 0.3) is 10.4 Å². The van der Waals surface area contributed by atoms with Gasteiger partial charge in [0.25, 0.3) is 0 Å². The van der Waals surface area contributed by atoms with E-state index in [1.165, 1.54) is 0 Å². The number of rotatable bonds is 4. The Balaban J connectivity index is 3.06. The van der Waals surface area contributed by atoms with E-state index in [1.54, 1.807) is 0 Å². The molecule has 0 radical (unpaired) electrons. The molecule has 0 aliphatic heterocycles. The third kappa shape index (κ3) is 3.37. The molecule has 0 N–H and O–H groups in total. The molecule has 2 atom stereocenters. The van der Waals surface area contributed by atoms with Crippen molar-refractivity contribution in [3.8, 4) is 0 Å². The van der Waals surface area contributed by atoms with Crippen LogP contribution in [0.5, 0.6) is 0 Å². The lowest BCUT2D eigenvalue weighted by Crippen LogP contribution is -2.37. The van der Waals surface area contributed by atoms with Gasteiger partial charge in [0, 0.05) is 9.36 Å². The van der Waals surface area contributed by atoms with E-state index in [9.17, 15) is 0 Å². The molecule has 1 aromatic carbocycles. The van der Waals surface area contributed by atoms with Crippen molar-refractivity contribution in [3.63, 3.8) is 0 Å². The molecule has 0 aliphatic carbocycles. The summed E-state index contributed by atoms with van der Waals surface area (Å²) in [7, 11) is -1.39. The van der Waals surface area contributed by atoms with Crippen LogP contribution >= 0.6 is 15.9 Å². The molecule has 0 bridgehead atoms. The summed E-state index contributed by atoms with van der Waals surface area (Å²) in [6.45, 7) is 6.78. The average Bonchev–Trinajstić information content (AvgIpc) is 2.25. The molecular weight excluding hydrogens is 282 g/mol. The minimum atomic E-state index is -1.39. The van der Waals surface area contributed by atoms with Crippen LogP contribution in [0.15, 0.2) is 35.4 Å². The van der Waals surface area contributed by atoms with Crippen LogP contribution in [0.3, 0.4) is 0 Å². The summed E-state index contributed by atoms with van der Waals surface area (Å²) >= 11 is 3.70. The Kier molecular flexibility index (Phi) is 4.59. The molecule has 1 aromatic rings. The van der Waals surface area contributed by atoms with Crippen molar-refractivity contribution in [2.24, 2.45) is 5.11 Å². The number of halogens is 1. The summed E-state index contributed by atoms with van der Waals surface area (Å²) in [6.07, 6.45) is 0. The van der Waals surface area contributed by atoms with Crippen molar-refractivity contribution in [1.29, 1.82) is 0 Å². The van der Waals surface area contributed by atoms with Gasteiger partial charge in [0.15, 0.2) is 0 Å². The molecule has 0 saturated heterocycles. The van der Waals surface area contributed by atoms with Crippen molar-refractivity contribution in [1.82, 2.24) is 0 Å². The fraction of sp³-hybridized carbons (Fsp3) is 0.455. The Morgan fingerprint density at radius 1 is 1.25 bits per heavy atom. The first-order chi connectivity index (χ1) is 7.46. The van der Waals surface area contributed by atoms with E-state index in [1.807, 2.05) is 30.3 Å². The highest BCUT2D eigenvalue weighted by molar-refractivity contribution is 9.10. The highest BCUT2D eigenvalue weighted by Crippen LogP contribution is 2.33. The van der Waals surface area contributed by atoms with Gasteiger partial charge in [-0.15, -0.1) is 0 Å². The van der Waals surface area contributed by atoms with Crippen LogP contribution in [-0.2, 0) is 0 Å². The summed E-state index contributed by atoms with van der Waals surface area (Å²) in [5, 5.41) is 3.93. The first-order valence-electron chi connectivity index (χ1n) is 5.20. The Hall–Kier alpha value is -0.773. The van der Waals surface area contributed by atoms with Crippen molar-refractivity contribution >= 4 is 24.0 Å². The molecule has 0 aliphatic rings.